The third kappa shape index (κ3) is 4.60. The van der Waals surface area contributed by atoms with Gasteiger partial charge in [0.05, 0.1) is 24.9 Å². The molecule has 3 rings (SSSR count). The average molecular weight is 361 g/mol. The largest absolute Gasteiger partial charge is 0.377 e. The molecular formula is C20H28FN3O2. The Hall–Kier alpha value is -1.52. The van der Waals surface area contributed by atoms with Crippen LogP contribution in [0.4, 0.5) is 4.39 Å². The van der Waals surface area contributed by atoms with Crippen molar-refractivity contribution >= 4 is 0 Å². The summed E-state index contributed by atoms with van der Waals surface area (Å²) in [6, 6.07) is 7.02. The Bertz CT molecular complexity index is 661. The fourth-order valence-electron chi connectivity index (χ4n) is 3.78. The number of ether oxygens (including phenoxy) is 2. The van der Waals surface area contributed by atoms with E-state index < -0.39 is 5.82 Å². The van der Waals surface area contributed by atoms with Crippen LogP contribution in [0.2, 0.25) is 0 Å². The van der Waals surface area contributed by atoms with E-state index in [1.165, 1.54) is 6.07 Å². The normalized spacial score (nSPS) is 27.0. The van der Waals surface area contributed by atoms with Crippen LogP contribution >= 0.6 is 0 Å². The summed E-state index contributed by atoms with van der Waals surface area (Å²) in [5, 5.41) is 12.3. The molecule has 0 amide bonds. The van der Waals surface area contributed by atoms with E-state index in [2.05, 4.69) is 24.1 Å². The molecule has 1 aromatic carbocycles. The van der Waals surface area contributed by atoms with Crippen molar-refractivity contribution in [3.05, 3.63) is 35.1 Å². The molecule has 1 spiro atoms. The molecule has 0 unspecified atom stereocenters. The molecule has 26 heavy (non-hydrogen) atoms. The fraction of sp³-hybridized carbons (Fsp3) is 0.650. The van der Waals surface area contributed by atoms with E-state index in [-0.39, 0.29) is 17.3 Å². The lowest BCUT2D eigenvalue weighted by Gasteiger charge is -2.34. The summed E-state index contributed by atoms with van der Waals surface area (Å²) in [5.74, 6) is -0.472. The van der Waals surface area contributed by atoms with Gasteiger partial charge in [0.2, 0.25) is 0 Å². The number of benzene rings is 1. The third-order valence-electron chi connectivity index (χ3n) is 5.30. The van der Waals surface area contributed by atoms with Gasteiger partial charge in [0.25, 0.3) is 0 Å². The van der Waals surface area contributed by atoms with Crippen molar-refractivity contribution < 1.29 is 13.9 Å². The standard InChI is InChI=1S/C20H28FN3O2/c1-15(2)24-7-8-25-14-20(13-24)6-5-18(26-20)12-23-11-16-3-4-19(21)17(9-16)10-22/h3-4,9,15,18,23H,5-8,11-14H2,1-2H3/t18-,20-/m0/s1. The third-order valence-corrected chi connectivity index (χ3v) is 5.30. The van der Waals surface area contributed by atoms with Crippen molar-refractivity contribution in [1.82, 2.24) is 10.2 Å². The molecule has 2 atom stereocenters. The molecule has 0 aromatic heterocycles. The minimum absolute atomic E-state index is 0.0877. The van der Waals surface area contributed by atoms with Crippen molar-refractivity contribution in [3.63, 3.8) is 0 Å². The number of nitrogens with zero attached hydrogens (tertiary/aromatic N) is 2. The van der Waals surface area contributed by atoms with Crippen LogP contribution in [-0.4, -0.2) is 55.5 Å². The predicted octanol–water partition coefficient (Wildman–Crippen LogP) is 2.45. The molecule has 2 aliphatic heterocycles. The SMILES string of the molecule is CC(C)N1CCOC[C@]2(CC[C@@H](CNCc3ccc(F)c(C#N)c3)O2)C1. The second-order valence-corrected chi connectivity index (χ2v) is 7.64. The molecular weight excluding hydrogens is 333 g/mol. The molecule has 2 heterocycles. The first-order valence-corrected chi connectivity index (χ1v) is 9.40. The Kier molecular flexibility index (Phi) is 6.25. The number of rotatable bonds is 5. The van der Waals surface area contributed by atoms with E-state index in [1.54, 1.807) is 12.1 Å². The first kappa shape index (κ1) is 19.2. The average Bonchev–Trinajstić information content (AvgIpc) is 2.88. The molecule has 142 valence electrons. The van der Waals surface area contributed by atoms with Crippen LogP contribution in [0.5, 0.6) is 0 Å². The summed E-state index contributed by atoms with van der Waals surface area (Å²) in [7, 11) is 0. The van der Waals surface area contributed by atoms with Gasteiger partial charge in [-0.1, -0.05) is 6.07 Å². The summed E-state index contributed by atoms with van der Waals surface area (Å²) < 4.78 is 25.6. The van der Waals surface area contributed by atoms with Crippen LogP contribution in [0.15, 0.2) is 18.2 Å². The summed E-state index contributed by atoms with van der Waals surface area (Å²) >= 11 is 0. The highest BCUT2D eigenvalue weighted by Crippen LogP contribution is 2.33. The zero-order chi connectivity index (χ0) is 18.6. The van der Waals surface area contributed by atoms with Crippen LogP contribution in [-0.2, 0) is 16.0 Å². The van der Waals surface area contributed by atoms with Crippen molar-refractivity contribution in [2.24, 2.45) is 0 Å². The maximum Gasteiger partial charge on any atom is 0.140 e. The number of nitrogens with one attached hydrogen (secondary N) is 1. The van der Waals surface area contributed by atoms with E-state index in [0.717, 1.165) is 44.6 Å². The minimum Gasteiger partial charge on any atom is -0.377 e. The quantitative estimate of drug-likeness (QED) is 0.873. The van der Waals surface area contributed by atoms with E-state index >= 15 is 0 Å². The van der Waals surface area contributed by atoms with Crippen molar-refractivity contribution in [2.45, 2.75) is 51.0 Å². The van der Waals surface area contributed by atoms with Gasteiger partial charge >= 0.3 is 0 Å². The Balaban J connectivity index is 1.51. The topological polar surface area (TPSA) is 57.5 Å². The van der Waals surface area contributed by atoms with Crippen molar-refractivity contribution in [2.75, 3.05) is 32.8 Å². The van der Waals surface area contributed by atoms with Gasteiger partial charge in [-0.3, -0.25) is 4.90 Å². The van der Waals surface area contributed by atoms with Gasteiger partial charge in [-0.05, 0) is 44.4 Å². The van der Waals surface area contributed by atoms with Crippen LogP contribution < -0.4 is 5.32 Å². The molecule has 0 saturated carbocycles. The highest BCUT2D eigenvalue weighted by Gasteiger charge is 2.43. The molecule has 0 radical (unpaired) electrons. The number of hydrogen-bond acceptors (Lipinski definition) is 5. The highest BCUT2D eigenvalue weighted by molar-refractivity contribution is 5.34. The zero-order valence-corrected chi connectivity index (χ0v) is 15.6. The highest BCUT2D eigenvalue weighted by atomic mass is 19.1. The first-order valence-electron chi connectivity index (χ1n) is 9.40. The van der Waals surface area contributed by atoms with Gasteiger partial charge in [0.1, 0.15) is 17.5 Å². The molecule has 1 N–H and O–H groups in total. The Labute approximate surface area is 155 Å². The molecule has 6 heteroatoms. The van der Waals surface area contributed by atoms with Crippen LogP contribution in [0.3, 0.4) is 0 Å². The fourth-order valence-corrected chi connectivity index (χ4v) is 3.78. The predicted molar refractivity (Wildman–Crippen MR) is 97.2 cm³/mol. The molecule has 2 fully saturated rings. The maximum atomic E-state index is 13.4. The number of nitriles is 1. The van der Waals surface area contributed by atoms with Gasteiger partial charge in [-0.2, -0.15) is 5.26 Å². The Morgan fingerprint density at radius 2 is 2.31 bits per heavy atom. The molecule has 1 aromatic rings. The summed E-state index contributed by atoms with van der Waals surface area (Å²) in [6.45, 7) is 9.06. The van der Waals surface area contributed by atoms with Gasteiger partial charge in [-0.15, -0.1) is 0 Å². The van der Waals surface area contributed by atoms with E-state index in [0.29, 0.717) is 19.2 Å². The van der Waals surface area contributed by atoms with Crippen LogP contribution in [0.25, 0.3) is 0 Å². The summed E-state index contributed by atoms with van der Waals surface area (Å²) in [4.78, 5) is 2.44. The first-order chi connectivity index (χ1) is 12.5. The van der Waals surface area contributed by atoms with Crippen LogP contribution in [0, 0.1) is 17.1 Å². The van der Waals surface area contributed by atoms with Gasteiger partial charge in [0, 0.05) is 32.2 Å². The lowest BCUT2D eigenvalue weighted by atomic mass is 9.99. The second-order valence-electron chi connectivity index (χ2n) is 7.64. The Morgan fingerprint density at radius 3 is 3.08 bits per heavy atom. The second kappa shape index (κ2) is 8.45. The van der Waals surface area contributed by atoms with Crippen molar-refractivity contribution in [3.8, 4) is 6.07 Å². The lowest BCUT2D eigenvalue weighted by molar-refractivity contribution is -0.0866. The van der Waals surface area contributed by atoms with E-state index in [9.17, 15) is 4.39 Å². The zero-order valence-electron chi connectivity index (χ0n) is 15.6. The smallest absolute Gasteiger partial charge is 0.140 e. The molecule has 0 aliphatic carbocycles. The number of halogens is 1. The molecule has 0 bridgehead atoms. The number of hydrogen-bond donors (Lipinski definition) is 1. The van der Waals surface area contributed by atoms with Gasteiger partial charge < -0.3 is 14.8 Å². The molecule has 2 aliphatic rings. The van der Waals surface area contributed by atoms with Crippen molar-refractivity contribution in [1.29, 1.82) is 5.26 Å². The minimum atomic E-state index is -0.472. The van der Waals surface area contributed by atoms with Gasteiger partial charge in [0.15, 0.2) is 0 Å². The van der Waals surface area contributed by atoms with Crippen LogP contribution in [0.1, 0.15) is 37.8 Å². The lowest BCUT2D eigenvalue weighted by Crippen LogP contribution is -2.47. The van der Waals surface area contributed by atoms with E-state index in [1.807, 2.05) is 6.07 Å². The maximum absolute atomic E-state index is 13.4. The monoisotopic (exact) mass is 361 g/mol. The molecule has 2 saturated heterocycles. The van der Waals surface area contributed by atoms with Gasteiger partial charge in [-0.25, -0.2) is 4.39 Å². The molecule has 5 nitrogen and oxygen atoms in total. The summed E-state index contributed by atoms with van der Waals surface area (Å²) in [5.41, 5.74) is 0.793. The summed E-state index contributed by atoms with van der Waals surface area (Å²) in [6.07, 6.45) is 2.17. The Morgan fingerprint density at radius 1 is 1.46 bits per heavy atom. The van der Waals surface area contributed by atoms with E-state index in [4.69, 9.17) is 14.7 Å².